The van der Waals surface area contributed by atoms with Crippen LogP contribution in [0.4, 0.5) is 4.79 Å². The van der Waals surface area contributed by atoms with Crippen LogP contribution >= 0.6 is 0 Å². The second kappa shape index (κ2) is 9.05. The van der Waals surface area contributed by atoms with Crippen LogP contribution in [0.5, 0.6) is 0 Å². The maximum absolute atomic E-state index is 8.33. The third-order valence-electron chi connectivity index (χ3n) is 0. The molecule has 5 heteroatoms. The molecule has 0 aromatic heterocycles. The summed E-state index contributed by atoms with van der Waals surface area (Å²) in [7, 11) is 0. The van der Waals surface area contributed by atoms with Crippen molar-refractivity contribution in [2.45, 2.75) is 0 Å². The van der Waals surface area contributed by atoms with Crippen LogP contribution in [0.25, 0.3) is 0 Å². The molecule has 0 spiro atoms. The van der Waals surface area contributed by atoms with E-state index in [4.69, 9.17) is 15.0 Å². The Morgan fingerprint density at radius 2 is 1.33 bits per heavy atom. The molecule has 0 N–H and O–H groups in total. The van der Waals surface area contributed by atoms with E-state index in [0.29, 0.717) is 0 Å². The van der Waals surface area contributed by atoms with E-state index in [2.05, 4.69) is 0 Å². The molecule has 31 valence electrons. The molecule has 1 radical (unpaired) electrons. The number of carbonyl (C=O) groups excluding carboxylic acids is 1. The van der Waals surface area contributed by atoms with Gasteiger partial charge in [-0.25, -0.2) is 0 Å². The Bertz CT molecular complexity index is 33.8. The Morgan fingerprint density at radius 3 is 1.33 bits per heavy atom. The molecule has 0 aromatic rings. The number of carboxylic acid groups (broad SMARTS) is 2. The molecule has 0 rings (SSSR count). The molecule has 0 aliphatic rings. The standard InChI is InChI=1S/CH2O3.Mn.Zn/c2-1(3)4;;/h(H2,2,3,4);;/q;;+2/p-2. The van der Waals surface area contributed by atoms with Crippen LogP contribution in [0, 0.1) is 0 Å². The van der Waals surface area contributed by atoms with Crippen LogP contribution < -0.4 is 10.2 Å². The second-order valence-corrected chi connectivity index (χ2v) is 0.250. The van der Waals surface area contributed by atoms with E-state index in [1.807, 2.05) is 0 Å². The minimum Gasteiger partial charge on any atom is -0.652 e. The minimum atomic E-state index is -2.33. The largest absolute Gasteiger partial charge is 2.00 e. The van der Waals surface area contributed by atoms with E-state index in [-0.39, 0.29) is 36.5 Å². The van der Waals surface area contributed by atoms with Gasteiger partial charge in [-0.05, 0) is 6.16 Å². The van der Waals surface area contributed by atoms with Gasteiger partial charge in [0.2, 0.25) is 0 Å². The van der Waals surface area contributed by atoms with Crippen LogP contribution in [0.3, 0.4) is 0 Å². The van der Waals surface area contributed by atoms with E-state index in [9.17, 15) is 0 Å². The van der Waals surface area contributed by atoms with Crippen molar-refractivity contribution >= 4 is 6.16 Å². The van der Waals surface area contributed by atoms with Crippen molar-refractivity contribution in [2.24, 2.45) is 0 Å². The molecule has 3 nitrogen and oxygen atoms in total. The van der Waals surface area contributed by atoms with E-state index >= 15 is 0 Å². The van der Waals surface area contributed by atoms with E-state index in [1.165, 1.54) is 0 Å². The Balaban J connectivity index is -0.0000000450. The van der Waals surface area contributed by atoms with Crippen LogP contribution in [0.15, 0.2) is 0 Å². The zero-order chi connectivity index (χ0) is 3.58. The quantitative estimate of drug-likeness (QED) is 0.389. The van der Waals surface area contributed by atoms with Crippen LogP contribution in [-0.4, -0.2) is 6.16 Å². The van der Waals surface area contributed by atoms with Crippen molar-refractivity contribution in [2.75, 3.05) is 0 Å². The smallest absolute Gasteiger partial charge is 0.652 e. The number of hydrogen-bond donors (Lipinski definition) is 0. The Kier molecular flexibility index (Phi) is 24.3. The Hall–Kier alpha value is 0.413. The maximum atomic E-state index is 8.33. The van der Waals surface area contributed by atoms with Gasteiger partial charge in [0.15, 0.2) is 0 Å². The molecule has 0 heterocycles. The van der Waals surface area contributed by atoms with Crippen molar-refractivity contribution < 1.29 is 51.6 Å². The first-order valence-corrected chi connectivity index (χ1v) is 0.612. The number of hydrogen-bond acceptors (Lipinski definition) is 3. The molecule has 0 unspecified atom stereocenters. The third kappa shape index (κ3) is 302. The molecule has 0 amide bonds. The molecule has 0 bridgehead atoms. The number of rotatable bonds is 0. The molecule has 0 fully saturated rings. The molecule has 6 heavy (non-hydrogen) atoms. The molecule has 0 aliphatic heterocycles. The van der Waals surface area contributed by atoms with Gasteiger partial charge in [-0.1, -0.05) is 0 Å². The summed E-state index contributed by atoms with van der Waals surface area (Å²) in [6.07, 6.45) is -2.33. The summed E-state index contributed by atoms with van der Waals surface area (Å²) in [5, 5.41) is 16.7. The summed E-state index contributed by atoms with van der Waals surface area (Å²) in [6.45, 7) is 0. The molecule has 0 aromatic carbocycles. The van der Waals surface area contributed by atoms with Crippen molar-refractivity contribution in [1.82, 2.24) is 0 Å². The van der Waals surface area contributed by atoms with Crippen molar-refractivity contribution in [1.29, 1.82) is 0 Å². The van der Waals surface area contributed by atoms with E-state index < -0.39 is 6.16 Å². The Morgan fingerprint density at radius 1 is 1.33 bits per heavy atom. The average molecular weight is 180 g/mol. The van der Waals surface area contributed by atoms with Crippen LogP contribution in [-0.2, 0) is 36.5 Å². The molecule has 0 saturated carbocycles. The predicted molar refractivity (Wildman–Crippen MR) is 5.40 cm³/mol. The molecule has 0 aliphatic carbocycles. The molecule has 0 atom stereocenters. The monoisotopic (exact) mass is 179 g/mol. The van der Waals surface area contributed by atoms with Gasteiger partial charge in [-0.2, -0.15) is 0 Å². The normalized spacial score (nSPS) is 4.00. The maximum Gasteiger partial charge on any atom is 2.00 e. The topological polar surface area (TPSA) is 63.2 Å². The predicted octanol–water partition coefficient (Wildman–Crippen LogP) is -2.45. The van der Waals surface area contributed by atoms with Gasteiger partial charge in [0.05, 0.1) is 0 Å². The zero-order valence-corrected chi connectivity index (χ0v) is 6.96. The van der Waals surface area contributed by atoms with Crippen molar-refractivity contribution in [3.8, 4) is 0 Å². The SMILES string of the molecule is O=C([O-])[O-].[Mn].[Zn+2]. The first kappa shape index (κ1) is 16.1. The molecular weight excluding hydrogens is 180 g/mol. The van der Waals surface area contributed by atoms with Gasteiger partial charge >= 0.3 is 19.5 Å². The van der Waals surface area contributed by atoms with Crippen molar-refractivity contribution in [3.05, 3.63) is 0 Å². The second-order valence-electron chi connectivity index (χ2n) is 0.250. The summed E-state index contributed by atoms with van der Waals surface area (Å²) in [4.78, 5) is 8.33. The Labute approximate surface area is 58.0 Å². The molecule has 0 saturated heterocycles. The van der Waals surface area contributed by atoms with Gasteiger partial charge in [-0.15, -0.1) is 0 Å². The summed E-state index contributed by atoms with van der Waals surface area (Å²) < 4.78 is 0. The van der Waals surface area contributed by atoms with Gasteiger partial charge in [-0.3, -0.25) is 0 Å². The van der Waals surface area contributed by atoms with Crippen LogP contribution in [0.2, 0.25) is 0 Å². The third-order valence-corrected chi connectivity index (χ3v) is 0. The van der Waals surface area contributed by atoms with Crippen LogP contribution in [0.1, 0.15) is 0 Å². The molecular formula is CMnO3Zn. The average Bonchev–Trinajstić information content (AvgIpc) is 0.811. The first-order valence-electron chi connectivity index (χ1n) is 0.612. The van der Waals surface area contributed by atoms with E-state index in [0.717, 1.165) is 0 Å². The summed E-state index contributed by atoms with van der Waals surface area (Å²) in [5.74, 6) is 0. The zero-order valence-electron chi connectivity index (χ0n) is 2.81. The van der Waals surface area contributed by atoms with Gasteiger partial charge in [0, 0.05) is 17.1 Å². The minimum absolute atomic E-state index is 0. The number of carbonyl (C=O) groups is 1. The summed E-state index contributed by atoms with van der Waals surface area (Å²) in [5.41, 5.74) is 0. The van der Waals surface area contributed by atoms with Gasteiger partial charge in [0.25, 0.3) is 0 Å². The van der Waals surface area contributed by atoms with Gasteiger partial charge < -0.3 is 15.0 Å². The van der Waals surface area contributed by atoms with E-state index in [1.54, 1.807) is 0 Å². The first-order chi connectivity index (χ1) is 1.73. The van der Waals surface area contributed by atoms with Crippen molar-refractivity contribution in [3.63, 3.8) is 0 Å². The summed E-state index contributed by atoms with van der Waals surface area (Å²) in [6, 6.07) is 0. The fourth-order valence-corrected chi connectivity index (χ4v) is 0. The summed E-state index contributed by atoms with van der Waals surface area (Å²) >= 11 is 0. The van der Waals surface area contributed by atoms with Gasteiger partial charge in [0.1, 0.15) is 0 Å². The fraction of sp³-hybridized carbons (Fsp3) is 0. The fourth-order valence-electron chi connectivity index (χ4n) is 0.